The van der Waals surface area contributed by atoms with Crippen molar-refractivity contribution in [2.45, 2.75) is 39.5 Å². The van der Waals surface area contributed by atoms with Crippen LogP contribution in [0.15, 0.2) is 29.3 Å². The molecule has 0 atom stereocenters. The zero-order chi connectivity index (χ0) is 20.3. The summed E-state index contributed by atoms with van der Waals surface area (Å²) in [5.41, 5.74) is 2.54. The second-order valence-electron chi connectivity index (χ2n) is 7.30. The van der Waals surface area contributed by atoms with Crippen molar-refractivity contribution in [3.05, 3.63) is 35.4 Å². The number of aryl methyl sites for hydroxylation is 1. The van der Waals surface area contributed by atoms with Crippen molar-refractivity contribution in [1.82, 2.24) is 10.6 Å². The number of ether oxygens (including phenoxy) is 1. The van der Waals surface area contributed by atoms with Crippen LogP contribution in [0.4, 0.5) is 0 Å². The van der Waals surface area contributed by atoms with Gasteiger partial charge in [-0.15, -0.1) is 0 Å². The molecule has 0 unspecified atom stereocenters. The quantitative estimate of drug-likeness (QED) is 0.340. The molecule has 0 fully saturated rings. The third kappa shape index (κ3) is 9.77. The Morgan fingerprint density at radius 1 is 1.11 bits per heavy atom. The molecule has 0 saturated carbocycles. The SMILES string of the molecule is CCNC(=NCC(C)(C)c1ccc(CC)cc1)NCCOCCS(C)(=O)=O. The molecule has 1 aromatic rings. The van der Waals surface area contributed by atoms with Crippen LogP contribution < -0.4 is 10.6 Å². The topological polar surface area (TPSA) is 79.8 Å². The first-order valence-electron chi connectivity index (χ1n) is 9.55. The van der Waals surface area contributed by atoms with E-state index < -0.39 is 9.84 Å². The van der Waals surface area contributed by atoms with Gasteiger partial charge in [0.1, 0.15) is 9.84 Å². The fraction of sp³-hybridized carbons (Fsp3) is 0.650. The summed E-state index contributed by atoms with van der Waals surface area (Å²) in [4.78, 5) is 4.70. The number of hydrogen-bond donors (Lipinski definition) is 2. The zero-order valence-corrected chi connectivity index (χ0v) is 18.2. The van der Waals surface area contributed by atoms with E-state index >= 15 is 0 Å². The number of hydrogen-bond acceptors (Lipinski definition) is 4. The van der Waals surface area contributed by atoms with Gasteiger partial charge in [0.25, 0.3) is 0 Å². The third-order valence-electron chi connectivity index (χ3n) is 4.26. The van der Waals surface area contributed by atoms with E-state index in [-0.39, 0.29) is 17.8 Å². The minimum Gasteiger partial charge on any atom is -0.379 e. The van der Waals surface area contributed by atoms with Crippen LogP contribution in [0.5, 0.6) is 0 Å². The summed E-state index contributed by atoms with van der Waals surface area (Å²) in [6.07, 6.45) is 2.25. The maximum absolute atomic E-state index is 11.1. The first-order valence-corrected chi connectivity index (χ1v) is 11.6. The molecule has 0 heterocycles. The van der Waals surface area contributed by atoms with E-state index in [1.54, 1.807) is 0 Å². The van der Waals surface area contributed by atoms with Crippen LogP contribution in [0.25, 0.3) is 0 Å². The van der Waals surface area contributed by atoms with E-state index in [9.17, 15) is 8.42 Å². The molecule has 0 amide bonds. The summed E-state index contributed by atoms with van der Waals surface area (Å²) < 4.78 is 27.5. The number of benzene rings is 1. The van der Waals surface area contributed by atoms with Gasteiger partial charge < -0.3 is 15.4 Å². The zero-order valence-electron chi connectivity index (χ0n) is 17.3. The summed E-state index contributed by atoms with van der Waals surface area (Å²) in [7, 11) is -2.97. The van der Waals surface area contributed by atoms with Crippen molar-refractivity contribution < 1.29 is 13.2 Å². The molecule has 0 aliphatic carbocycles. The Balaban J connectivity index is 2.53. The van der Waals surface area contributed by atoms with Crippen LogP contribution in [0.3, 0.4) is 0 Å². The minimum atomic E-state index is -2.97. The first-order chi connectivity index (χ1) is 12.7. The highest BCUT2D eigenvalue weighted by molar-refractivity contribution is 7.90. The number of guanidine groups is 1. The molecule has 2 N–H and O–H groups in total. The van der Waals surface area contributed by atoms with Crippen molar-refractivity contribution in [3.8, 4) is 0 Å². The Morgan fingerprint density at radius 3 is 2.33 bits per heavy atom. The predicted octanol–water partition coefficient (Wildman–Crippen LogP) is 2.14. The molecule has 1 rings (SSSR count). The average molecular weight is 398 g/mol. The molecule has 0 radical (unpaired) electrons. The molecule has 7 heteroatoms. The Bertz CT molecular complexity index is 683. The standard InChI is InChI=1S/C20H35N3O3S/c1-6-17-8-10-18(11-9-17)20(3,4)16-23-19(21-7-2)22-12-13-26-14-15-27(5,24)25/h8-11H,6-7,12-16H2,1-5H3,(H2,21,22,23). The lowest BCUT2D eigenvalue weighted by molar-refractivity contribution is 0.154. The fourth-order valence-corrected chi connectivity index (χ4v) is 2.88. The van der Waals surface area contributed by atoms with Crippen molar-refractivity contribution in [1.29, 1.82) is 0 Å². The Morgan fingerprint density at radius 2 is 1.78 bits per heavy atom. The monoisotopic (exact) mass is 397 g/mol. The van der Waals surface area contributed by atoms with Gasteiger partial charge in [0.15, 0.2) is 5.96 Å². The normalized spacial score (nSPS) is 12.9. The van der Waals surface area contributed by atoms with Crippen LogP contribution in [-0.2, 0) is 26.4 Å². The summed E-state index contributed by atoms with van der Waals surface area (Å²) >= 11 is 0. The number of nitrogens with zero attached hydrogens (tertiary/aromatic N) is 1. The van der Waals surface area contributed by atoms with Gasteiger partial charge in [-0.3, -0.25) is 4.99 Å². The average Bonchev–Trinajstić information content (AvgIpc) is 2.61. The number of rotatable bonds is 11. The molecular weight excluding hydrogens is 362 g/mol. The predicted molar refractivity (Wildman–Crippen MR) is 113 cm³/mol. The van der Waals surface area contributed by atoms with E-state index in [4.69, 9.17) is 9.73 Å². The molecule has 0 spiro atoms. The lowest BCUT2D eigenvalue weighted by Crippen LogP contribution is -2.40. The minimum absolute atomic E-state index is 0.0478. The highest BCUT2D eigenvalue weighted by atomic mass is 32.2. The Labute approximate surface area is 164 Å². The fourth-order valence-electron chi connectivity index (χ4n) is 2.46. The van der Waals surface area contributed by atoms with Crippen LogP contribution in [0, 0.1) is 0 Å². The van der Waals surface area contributed by atoms with Gasteiger partial charge in [-0.25, -0.2) is 8.42 Å². The van der Waals surface area contributed by atoms with Gasteiger partial charge in [-0.05, 0) is 24.5 Å². The molecule has 27 heavy (non-hydrogen) atoms. The highest BCUT2D eigenvalue weighted by Gasteiger charge is 2.20. The smallest absolute Gasteiger partial charge is 0.191 e. The number of sulfone groups is 1. The molecule has 0 aliphatic heterocycles. The molecular formula is C20H35N3O3S. The maximum Gasteiger partial charge on any atom is 0.191 e. The van der Waals surface area contributed by atoms with E-state index in [0.717, 1.165) is 18.9 Å². The van der Waals surface area contributed by atoms with Crippen LogP contribution in [0.1, 0.15) is 38.8 Å². The van der Waals surface area contributed by atoms with Crippen molar-refractivity contribution in [3.63, 3.8) is 0 Å². The van der Waals surface area contributed by atoms with Gasteiger partial charge in [0.05, 0.1) is 25.5 Å². The number of aliphatic imine (C=N–C) groups is 1. The van der Waals surface area contributed by atoms with Crippen LogP contribution in [-0.4, -0.2) is 59.2 Å². The summed E-state index contributed by atoms with van der Waals surface area (Å²) in [6, 6.07) is 8.73. The lowest BCUT2D eigenvalue weighted by Gasteiger charge is -2.24. The first kappa shape index (κ1) is 23.4. The Kier molecular flexibility index (Phi) is 9.80. The largest absolute Gasteiger partial charge is 0.379 e. The highest BCUT2D eigenvalue weighted by Crippen LogP contribution is 2.24. The van der Waals surface area contributed by atoms with Gasteiger partial charge in [-0.1, -0.05) is 45.0 Å². The van der Waals surface area contributed by atoms with E-state index in [1.807, 2.05) is 6.92 Å². The van der Waals surface area contributed by atoms with Crippen LogP contribution >= 0.6 is 0 Å². The molecule has 0 aliphatic rings. The maximum atomic E-state index is 11.1. The van der Waals surface area contributed by atoms with Crippen molar-refractivity contribution >= 4 is 15.8 Å². The Hall–Kier alpha value is -1.60. The third-order valence-corrected chi connectivity index (χ3v) is 5.17. The van der Waals surface area contributed by atoms with Gasteiger partial charge in [0, 0.05) is 24.8 Å². The van der Waals surface area contributed by atoms with Crippen molar-refractivity contribution in [2.24, 2.45) is 4.99 Å². The molecule has 154 valence electrons. The summed E-state index contributed by atoms with van der Waals surface area (Å²) in [5.74, 6) is 0.786. The molecule has 6 nitrogen and oxygen atoms in total. The van der Waals surface area contributed by atoms with Gasteiger partial charge in [-0.2, -0.15) is 0 Å². The van der Waals surface area contributed by atoms with Gasteiger partial charge in [0.2, 0.25) is 0 Å². The molecule has 0 saturated heterocycles. The van der Waals surface area contributed by atoms with Crippen molar-refractivity contribution in [2.75, 3.05) is 44.9 Å². The second kappa shape index (κ2) is 11.3. The second-order valence-corrected chi connectivity index (χ2v) is 9.56. The molecule has 0 bridgehead atoms. The molecule has 0 aromatic heterocycles. The van der Waals surface area contributed by atoms with Gasteiger partial charge >= 0.3 is 0 Å². The van der Waals surface area contributed by atoms with E-state index in [0.29, 0.717) is 19.7 Å². The summed E-state index contributed by atoms with van der Waals surface area (Å²) in [6.45, 7) is 11.2. The van der Waals surface area contributed by atoms with Crippen LogP contribution in [0.2, 0.25) is 0 Å². The van der Waals surface area contributed by atoms with E-state index in [2.05, 4.69) is 55.7 Å². The molecule has 1 aromatic carbocycles. The number of nitrogens with one attached hydrogen (secondary N) is 2. The van der Waals surface area contributed by atoms with E-state index in [1.165, 1.54) is 17.4 Å². The summed E-state index contributed by atoms with van der Waals surface area (Å²) in [5, 5.41) is 6.45. The lowest BCUT2D eigenvalue weighted by atomic mass is 9.84.